The van der Waals surface area contributed by atoms with Crippen LogP contribution in [0.5, 0.6) is 0 Å². The number of rotatable bonds is 5. The lowest BCUT2D eigenvalue weighted by Gasteiger charge is -2.30. The Morgan fingerprint density at radius 2 is 2.00 bits per heavy atom. The molecule has 0 atom stereocenters. The highest BCUT2D eigenvalue weighted by Gasteiger charge is 2.20. The monoisotopic (exact) mass is 423 g/mol. The number of benzene rings is 1. The number of furan rings is 1. The van der Waals surface area contributed by atoms with Gasteiger partial charge in [0.05, 0.1) is 24.9 Å². The van der Waals surface area contributed by atoms with Crippen LogP contribution in [0.2, 0.25) is 0 Å². The predicted molar refractivity (Wildman–Crippen MR) is 125 cm³/mol. The summed E-state index contributed by atoms with van der Waals surface area (Å²) in [7, 11) is 0. The maximum atomic E-state index is 12.9. The molecule has 0 aliphatic heterocycles. The van der Waals surface area contributed by atoms with Gasteiger partial charge in [-0.15, -0.1) is 0 Å². The quantitative estimate of drug-likeness (QED) is 0.569. The molecule has 158 valence electrons. The van der Waals surface area contributed by atoms with Crippen molar-refractivity contribution < 1.29 is 4.42 Å². The van der Waals surface area contributed by atoms with Crippen LogP contribution in [0.15, 0.2) is 45.8 Å². The molecule has 0 bridgehead atoms. The van der Waals surface area contributed by atoms with Gasteiger partial charge in [0.1, 0.15) is 5.76 Å². The Kier molecular flexibility index (Phi) is 6.23. The maximum absolute atomic E-state index is 12.9. The van der Waals surface area contributed by atoms with Gasteiger partial charge in [0.2, 0.25) is 0 Å². The van der Waals surface area contributed by atoms with Gasteiger partial charge in [-0.2, -0.15) is 0 Å². The summed E-state index contributed by atoms with van der Waals surface area (Å²) in [5.74, 6) is 0.825. The standard InChI is InChI=1S/C24H29N3O2S/c1-16-10-11-18-13-19(23(28)26-22(18)17(16)2)14-27(15-21-9-6-12-29-21)24(30)25-20-7-4-3-5-8-20/h6,9-13,20H,3-5,7-8,14-15H2,1-2H3,(H,25,30)(H,26,28). The lowest BCUT2D eigenvalue weighted by Crippen LogP contribution is -2.45. The smallest absolute Gasteiger partial charge is 0.253 e. The lowest BCUT2D eigenvalue weighted by atomic mass is 9.96. The number of aryl methyl sites for hydroxylation is 2. The molecule has 1 fully saturated rings. The van der Waals surface area contributed by atoms with Crippen LogP contribution >= 0.6 is 12.2 Å². The average Bonchev–Trinajstić information content (AvgIpc) is 3.25. The van der Waals surface area contributed by atoms with Crippen molar-refractivity contribution in [1.82, 2.24) is 15.2 Å². The van der Waals surface area contributed by atoms with Crippen molar-refractivity contribution in [2.45, 2.75) is 65.1 Å². The van der Waals surface area contributed by atoms with Gasteiger partial charge in [0.15, 0.2) is 5.11 Å². The predicted octanol–water partition coefficient (Wildman–Crippen LogP) is 4.95. The second-order valence-corrected chi connectivity index (χ2v) is 8.70. The van der Waals surface area contributed by atoms with E-state index in [2.05, 4.69) is 29.4 Å². The first kappa shape index (κ1) is 20.7. The van der Waals surface area contributed by atoms with Gasteiger partial charge in [-0.1, -0.05) is 31.4 Å². The van der Waals surface area contributed by atoms with Crippen molar-refractivity contribution in [2.24, 2.45) is 0 Å². The van der Waals surface area contributed by atoms with E-state index in [1.165, 1.54) is 24.8 Å². The van der Waals surface area contributed by atoms with E-state index in [0.717, 1.165) is 35.1 Å². The Balaban J connectivity index is 1.60. The highest BCUT2D eigenvalue weighted by molar-refractivity contribution is 7.80. The number of hydrogen-bond acceptors (Lipinski definition) is 3. The van der Waals surface area contributed by atoms with E-state index in [-0.39, 0.29) is 5.56 Å². The normalized spacial score (nSPS) is 14.7. The molecule has 5 nitrogen and oxygen atoms in total. The molecule has 1 aliphatic rings. The Bertz CT molecular complexity index is 1080. The zero-order chi connectivity index (χ0) is 21.1. The van der Waals surface area contributed by atoms with E-state index in [9.17, 15) is 4.79 Å². The van der Waals surface area contributed by atoms with Gasteiger partial charge in [-0.05, 0) is 73.6 Å². The van der Waals surface area contributed by atoms with Crippen molar-refractivity contribution in [3.63, 3.8) is 0 Å². The fourth-order valence-electron chi connectivity index (χ4n) is 4.20. The highest BCUT2D eigenvalue weighted by atomic mass is 32.1. The number of aromatic amines is 1. The maximum Gasteiger partial charge on any atom is 0.253 e. The molecule has 4 rings (SSSR count). The van der Waals surface area contributed by atoms with Crippen molar-refractivity contribution >= 4 is 28.2 Å². The minimum atomic E-state index is -0.0684. The number of hydrogen-bond donors (Lipinski definition) is 2. The van der Waals surface area contributed by atoms with Gasteiger partial charge < -0.3 is 19.6 Å². The summed E-state index contributed by atoms with van der Waals surface area (Å²) in [6.45, 7) is 5.05. The number of nitrogens with zero attached hydrogens (tertiary/aromatic N) is 1. The number of aromatic nitrogens is 1. The van der Waals surface area contributed by atoms with Crippen LogP contribution in [-0.4, -0.2) is 21.0 Å². The molecule has 2 N–H and O–H groups in total. The summed E-state index contributed by atoms with van der Waals surface area (Å²) in [4.78, 5) is 18.0. The van der Waals surface area contributed by atoms with Crippen LogP contribution < -0.4 is 10.9 Å². The summed E-state index contributed by atoms with van der Waals surface area (Å²) in [6, 6.07) is 10.4. The molecule has 3 aromatic rings. The first-order chi connectivity index (χ1) is 14.5. The van der Waals surface area contributed by atoms with Crippen molar-refractivity contribution in [2.75, 3.05) is 0 Å². The SMILES string of the molecule is Cc1ccc2cc(CN(Cc3ccco3)C(=S)NC3CCCCC3)c(=O)[nH]c2c1C. The van der Waals surface area contributed by atoms with Gasteiger partial charge in [0.25, 0.3) is 5.56 Å². The van der Waals surface area contributed by atoms with E-state index in [0.29, 0.717) is 29.8 Å². The Morgan fingerprint density at radius 3 is 2.73 bits per heavy atom. The third kappa shape index (κ3) is 4.59. The average molecular weight is 424 g/mol. The molecular formula is C24H29N3O2S. The molecular weight excluding hydrogens is 394 g/mol. The first-order valence-corrected chi connectivity index (χ1v) is 11.1. The molecule has 0 unspecified atom stereocenters. The zero-order valence-corrected chi connectivity index (χ0v) is 18.5. The zero-order valence-electron chi connectivity index (χ0n) is 17.7. The van der Waals surface area contributed by atoms with Crippen molar-refractivity contribution in [3.8, 4) is 0 Å². The van der Waals surface area contributed by atoms with Gasteiger partial charge >= 0.3 is 0 Å². The van der Waals surface area contributed by atoms with E-state index >= 15 is 0 Å². The van der Waals surface area contributed by atoms with Gasteiger partial charge in [-0.3, -0.25) is 4.79 Å². The molecule has 0 spiro atoms. The second-order valence-electron chi connectivity index (χ2n) is 8.32. The Morgan fingerprint density at radius 1 is 1.20 bits per heavy atom. The number of fused-ring (bicyclic) bond motifs is 1. The van der Waals surface area contributed by atoms with Crippen LogP contribution in [0.3, 0.4) is 0 Å². The van der Waals surface area contributed by atoms with Gasteiger partial charge in [0, 0.05) is 11.6 Å². The first-order valence-electron chi connectivity index (χ1n) is 10.7. The van der Waals surface area contributed by atoms with Crippen LogP contribution in [0.25, 0.3) is 10.9 Å². The summed E-state index contributed by atoms with van der Waals surface area (Å²) in [6.07, 6.45) is 7.72. The minimum absolute atomic E-state index is 0.0684. The molecule has 30 heavy (non-hydrogen) atoms. The fraction of sp³-hybridized carbons (Fsp3) is 0.417. The Hall–Kier alpha value is -2.60. The molecule has 2 heterocycles. The highest BCUT2D eigenvalue weighted by Crippen LogP contribution is 2.21. The van der Waals surface area contributed by atoms with Crippen LogP contribution in [-0.2, 0) is 13.1 Å². The lowest BCUT2D eigenvalue weighted by molar-refractivity contribution is 0.334. The van der Waals surface area contributed by atoms with Crippen molar-refractivity contribution in [3.05, 3.63) is 69.4 Å². The molecule has 0 radical (unpaired) electrons. The molecule has 6 heteroatoms. The van der Waals surface area contributed by atoms with Gasteiger partial charge in [-0.25, -0.2) is 0 Å². The summed E-state index contributed by atoms with van der Waals surface area (Å²) < 4.78 is 5.56. The number of nitrogens with one attached hydrogen (secondary N) is 2. The topological polar surface area (TPSA) is 61.3 Å². The molecule has 2 aromatic heterocycles. The molecule has 1 aliphatic carbocycles. The summed E-state index contributed by atoms with van der Waals surface area (Å²) in [5.41, 5.74) is 3.82. The summed E-state index contributed by atoms with van der Waals surface area (Å²) in [5, 5.41) is 5.25. The van der Waals surface area contributed by atoms with E-state index in [1.807, 2.05) is 30.0 Å². The Labute approximate surface area is 182 Å². The van der Waals surface area contributed by atoms with E-state index in [1.54, 1.807) is 6.26 Å². The number of thiocarbonyl (C=S) groups is 1. The van der Waals surface area contributed by atoms with Crippen LogP contribution in [0.4, 0.5) is 0 Å². The third-order valence-corrected chi connectivity index (χ3v) is 6.51. The molecule has 1 aromatic carbocycles. The summed E-state index contributed by atoms with van der Waals surface area (Å²) >= 11 is 5.77. The second kappa shape index (κ2) is 9.04. The van der Waals surface area contributed by atoms with E-state index < -0.39 is 0 Å². The minimum Gasteiger partial charge on any atom is -0.467 e. The molecule has 1 saturated carbocycles. The molecule has 0 amide bonds. The third-order valence-electron chi connectivity index (χ3n) is 6.14. The van der Waals surface area contributed by atoms with E-state index in [4.69, 9.17) is 16.6 Å². The fourth-order valence-corrected chi connectivity index (χ4v) is 4.49. The van der Waals surface area contributed by atoms with Crippen molar-refractivity contribution in [1.29, 1.82) is 0 Å². The van der Waals surface area contributed by atoms with Crippen LogP contribution in [0.1, 0.15) is 54.6 Å². The molecule has 0 saturated heterocycles. The largest absolute Gasteiger partial charge is 0.467 e. The van der Waals surface area contributed by atoms with Crippen LogP contribution in [0, 0.1) is 13.8 Å². The number of H-pyrrole nitrogens is 1. The number of pyridine rings is 1.